The summed E-state index contributed by atoms with van der Waals surface area (Å²) in [5.74, 6) is 0.675. The highest BCUT2D eigenvalue weighted by atomic mass is 16.5. The molecule has 0 unspecified atom stereocenters. The molecule has 1 saturated heterocycles. The maximum Gasteiger partial charge on any atom is 0.0885 e. The topological polar surface area (TPSA) is 29.5 Å². The number of aliphatic hydroxyl groups is 1. The van der Waals surface area contributed by atoms with Crippen LogP contribution in [0.15, 0.2) is 0 Å². The van der Waals surface area contributed by atoms with E-state index in [9.17, 15) is 0 Å². The van der Waals surface area contributed by atoms with Crippen LogP contribution >= 0.6 is 0 Å². The first-order valence-corrected chi connectivity index (χ1v) is 4.74. The maximum absolute atomic E-state index is 8.95. The first-order valence-electron chi connectivity index (χ1n) is 4.74. The SMILES string of the molecule is CC(C)C[C@H]1O[C@@H](CO)C1(C)C. The minimum absolute atomic E-state index is 0.0567. The lowest BCUT2D eigenvalue weighted by Gasteiger charge is -2.52. The molecule has 0 aliphatic carbocycles. The smallest absolute Gasteiger partial charge is 0.0885 e. The summed E-state index contributed by atoms with van der Waals surface area (Å²) in [6.45, 7) is 8.90. The Hall–Kier alpha value is -0.0800. The number of hydrogen-bond donors (Lipinski definition) is 1. The summed E-state index contributed by atoms with van der Waals surface area (Å²) in [6.07, 6.45) is 1.50. The molecule has 0 aromatic carbocycles. The maximum atomic E-state index is 8.95. The van der Waals surface area contributed by atoms with Crippen LogP contribution in [0.2, 0.25) is 0 Å². The van der Waals surface area contributed by atoms with Gasteiger partial charge >= 0.3 is 0 Å². The largest absolute Gasteiger partial charge is 0.394 e. The lowest BCUT2D eigenvalue weighted by molar-refractivity contribution is -0.250. The highest BCUT2D eigenvalue weighted by molar-refractivity contribution is 4.96. The fourth-order valence-corrected chi connectivity index (χ4v) is 1.75. The summed E-state index contributed by atoms with van der Waals surface area (Å²) < 4.78 is 5.56. The van der Waals surface area contributed by atoms with E-state index in [-0.39, 0.29) is 18.1 Å². The Bertz CT molecular complexity index is 152. The second-order valence-electron chi connectivity index (χ2n) is 4.75. The third-order valence-corrected chi connectivity index (χ3v) is 2.84. The summed E-state index contributed by atoms with van der Waals surface area (Å²) in [4.78, 5) is 0. The van der Waals surface area contributed by atoms with Gasteiger partial charge in [0.25, 0.3) is 0 Å². The minimum Gasteiger partial charge on any atom is -0.394 e. The number of hydrogen-bond acceptors (Lipinski definition) is 2. The van der Waals surface area contributed by atoms with Crippen molar-refractivity contribution >= 4 is 0 Å². The second kappa shape index (κ2) is 3.35. The van der Waals surface area contributed by atoms with Crippen molar-refractivity contribution in [3.8, 4) is 0 Å². The molecule has 1 aliphatic rings. The van der Waals surface area contributed by atoms with E-state index in [0.717, 1.165) is 6.42 Å². The Labute approximate surface area is 74.9 Å². The van der Waals surface area contributed by atoms with Crippen LogP contribution in [0.25, 0.3) is 0 Å². The highest BCUT2D eigenvalue weighted by Gasteiger charge is 2.48. The van der Waals surface area contributed by atoms with Crippen molar-refractivity contribution in [2.24, 2.45) is 11.3 Å². The highest BCUT2D eigenvalue weighted by Crippen LogP contribution is 2.43. The average molecular weight is 172 g/mol. The van der Waals surface area contributed by atoms with Crippen LogP contribution < -0.4 is 0 Å². The van der Waals surface area contributed by atoms with E-state index < -0.39 is 0 Å². The Morgan fingerprint density at radius 2 is 1.92 bits per heavy atom. The zero-order valence-electron chi connectivity index (χ0n) is 8.50. The standard InChI is InChI=1S/C10H20O2/c1-7(2)5-8-10(3,4)9(6-11)12-8/h7-9,11H,5-6H2,1-4H3/t8-,9+/m1/s1. The quantitative estimate of drug-likeness (QED) is 0.703. The molecular formula is C10H20O2. The van der Waals surface area contributed by atoms with Gasteiger partial charge in [0.05, 0.1) is 18.8 Å². The van der Waals surface area contributed by atoms with Gasteiger partial charge in [-0.3, -0.25) is 0 Å². The van der Waals surface area contributed by atoms with E-state index in [1.165, 1.54) is 0 Å². The van der Waals surface area contributed by atoms with Gasteiger partial charge in [-0.2, -0.15) is 0 Å². The van der Waals surface area contributed by atoms with Crippen molar-refractivity contribution in [2.75, 3.05) is 6.61 Å². The Morgan fingerprint density at radius 1 is 1.33 bits per heavy atom. The Kier molecular flexibility index (Phi) is 2.79. The van der Waals surface area contributed by atoms with Crippen LogP contribution in [0, 0.1) is 11.3 Å². The molecule has 0 aromatic rings. The summed E-state index contributed by atoms with van der Waals surface area (Å²) in [5, 5.41) is 8.95. The van der Waals surface area contributed by atoms with Crippen molar-refractivity contribution in [1.82, 2.24) is 0 Å². The molecule has 0 radical (unpaired) electrons. The predicted molar refractivity (Wildman–Crippen MR) is 49.0 cm³/mol. The summed E-state index contributed by atoms with van der Waals surface area (Å²) in [7, 11) is 0. The molecular weight excluding hydrogens is 152 g/mol. The third kappa shape index (κ3) is 1.64. The molecule has 72 valence electrons. The van der Waals surface area contributed by atoms with E-state index in [4.69, 9.17) is 9.84 Å². The molecule has 1 heterocycles. The van der Waals surface area contributed by atoms with Gasteiger partial charge in [-0.1, -0.05) is 27.7 Å². The van der Waals surface area contributed by atoms with Gasteiger partial charge in [0, 0.05) is 5.41 Å². The molecule has 2 nitrogen and oxygen atoms in total. The van der Waals surface area contributed by atoms with Crippen LogP contribution in [-0.4, -0.2) is 23.9 Å². The van der Waals surface area contributed by atoms with Crippen molar-refractivity contribution in [3.63, 3.8) is 0 Å². The third-order valence-electron chi connectivity index (χ3n) is 2.84. The van der Waals surface area contributed by atoms with Crippen LogP contribution in [-0.2, 0) is 4.74 Å². The van der Waals surface area contributed by atoms with E-state index in [1.54, 1.807) is 0 Å². The molecule has 0 saturated carbocycles. The minimum atomic E-state index is 0.0567. The van der Waals surface area contributed by atoms with Gasteiger partial charge in [0.15, 0.2) is 0 Å². The molecule has 1 N–H and O–H groups in total. The fraction of sp³-hybridized carbons (Fsp3) is 1.00. The van der Waals surface area contributed by atoms with Gasteiger partial charge in [-0.15, -0.1) is 0 Å². The van der Waals surface area contributed by atoms with Crippen molar-refractivity contribution in [2.45, 2.75) is 46.3 Å². The van der Waals surface area contributed by atoms with E-state index >= 15 is 0 Å². The van der Waals surface area contributed by atoms with Crippen molar-refractivity contribution < 1.29 is 9.84 Å². The van der Waals surface area contributed by atoms with E-state index in [2.05, 4.69) is 27.7 Å². The van der Waals surface area contributed by atoms with Crippen LogP contribution in [0.5, 0.6) is 0 Å². The Morgan fingerprint density at radius 3 is 2.25 bits per heavy atom. The molecule has 0 aromatic heterocycles. The fourth-order valence-electron chi connectivity index (χ4n) is 1.75. The first-order chi connectivity index (χ1) is 5.48. The number of aliphatic hydroxyl groups excluding tert-OH is 1. The zero-order chi connectivity index (χ0) is 9.35. The Balaban J connectivity index is 2.42. The van der Waals surface area contributed by atoms with Gasteiger partial charge < -0.3 is 9.84 Å². The van der Waals surface area contributed by atoms with Crippen LogP contribution in [0.1, 0.15) is 34.1 Å². The zero-order valence-corrected chi connectivity index (χ0v) is 8.50. The normalized spacial score (nSPS) is 33.5. The molecule has 1 aliphatic heterocycles. The lowest BCUT2D eigenvalue weighted by Crippen LogP contribution is -2.58. The molecule has 0 amide bonds. The lowest BCUT2D eigenvalue weighted by atomic mass is 9.72. The molecule has 0 spiro atoms. The second-order valence-corrected chi connectivity index (χ2v) is 4.75. The van der Waals surface area contributed by atoms with Crippen molar-refractivity contribution in [1.29, 1.82) is 0 Å². The first kappa shape index (κ1) is 10.0. The molecule has 1 fully saturated rings. The van der Waals surface area contributed by atoms with Gasteiger partial charge in [-0.25, -0.2) is 0 Å². The molecule has 2 atom stereocenters. The summed E-state index contributed by atoms with van der Waals surface area (Å²) in [6, 6.07) is 0. The van der Waals surface area contributed by atoms with E-state index in [0.29, 0.717) is 12.0 Å². The average Bonchev–Trinajstić information content (AvgIpc) is 1.96. The molecule has 12 heavy (non-hydrogen) atoms. The monoisotopic (exact) mass is 172 g/mol. The van der Waals surface area contributed by atoms with Gasteiger partial charge in [-0.05, 0) is 12.3 Å². The number of rotatable bonds is 3. The van der Waals surface area contributed by atoms with Crippen LogP contribution in [0.3, 0.4) is 0 Å². The van der Waals surface area contributed by atoms with E-state index in [1.807, 2.05) is 0 Å². The van der Waals surface area contributed by atoms with Gasteiger partial charge in [0.1, 0.15) is 0 Å². The number of ether oxygens (including phenoxy) is 1. The molecule has 0 bridgehead atoms. The summed E-state index contributed by atoms with van der Waals surface area (Å²) in [5.41, 5.74) is 0.166. The summed E-state index contributed by atoms with van der Waals surface area (Å²) >= 11 is 0. The van der Waals surface area contributed by atoms with Crippen molar-refractivity contribution in [3.05, 3.63) is 0 Å². The van der Waals surface area contributed by atoms with Gasteiger partial charge in [0.2, 0.25) is 0 Å². The van der Waals surface area contributed by atoms with Crippen LogP contribution in [0.4, 0.5) is 0 Å². The molecule has 2 heteroatoms. The molecule has 1 rings (SSSR count). The predicted octanol–water partition coefficient (Wildman–Crippen LogP) is 1.82.